The summed E-state index contributed by atoms with van der Waals surface area (Å²) in [5.74, 6) is -0.341. The zero-order valence-electron chi connectivity index (χ0n) is 16.8. The highest BCUT2D eigenvalue weighted by Crippen LogP contribution is 2.22. The summed E-state index contributed by atoms with van der Waals surface area (Å²) < 4.78 is 25.7. The van der Waals surface area contributed by atoms with E-state index >= 15 is 0 Å². The molecule has 0 heterocycles. The molecule has 0 spiro atoms. The number of sulfonamides is 1. The molecule has 0 saturated carbocycles. The summed E-state index contributed by atoms with van der Waals surface area (Å²) in [6.45, 7) is 9.53. The molecule has 0 unspecified atom stereocenters. The zero-order chi connectivity index (χ0) is 20.4. The van der Waals surface area contributed by atoms with Crippen LogP contribution in [0.25, 0.3) is 0 Å². The van der Waals surface area contributed by atoms with Gasteiger partial charge in [-0.05, 0) is 69.0 Å². The number of nitrogens with zero attached hydrogens (tertiary/aromatic N) is 1. The fourth-order valence-electron chi connectivity index (χ4n) is 3.00. The maximum atomic E-state index is 12.6. The number of amides is 1. The molecule has 0 radical (unpaired) electrons. The Hall–Kier alpha value is -2.34. The van der Waals surface area contributed by atoms with E-state index in [0.29, 0.717) is 5.69 Å². The molecule has 0 aliphatic carbocycles. The Bertz CT molecular complexity index is 952. The first kappa shape index (κ1) is 21.0. The largest absolute Gasteiger partial charge is 0.348 e. The van der Waals surface area contributed by atoms with Gasteiger partial charge in [-0.1, -0.05) is 29.8 Å². The summed E-state index contributed by atoms with van der Waals surface area (Å²) in [5.41, 5.74) is 5.77. The van der Waals surface area contributed by atoms with Gasteiger partial charge in [0, 0.05) is 0 Å². The van der Waals surface area contributed by atoms with E-state index in [4.69, 9.17) is 0 Å². The van der Waals surface area contributed by atoms with E-state index in [1.807, 2.05) is 58.9 Å². The van der Waals surface area contributed by atoms with E-state index < -0.39 is 10.0 Å². The van der Waals surface area contributed by atoms with Crippen molar-refractivity contribution in [1.82, 2.24) is 5.32 Å². The first-order valence-electron chi connectivity index (χ1n) is 8.90. The van der Waals surface area contributed by atoms with E-state index in [1.54, 1.807) is 12.1 Å². The maximum Gasteiger partial charge on any atom is 0.241 e. The van der Waals surface area contributed by atoms with Crippen molar-refractivity contribution in [1.29, 1.82) is 0 Å². The Morgan fingerprint density at radius 3 is 2.22 bits per heavy atom. The smallest absolute Gasteiger partial charge is 0.241 e. The lowest BCUT2D eigenvalue weighted by atomic mass is 10.00. The van der Waals surface area contributed by atoms with Gasteiger partial charge in [0.2, 0.25) is 15.9 Å². The van der Waals surface area contributed by atoms with Crippen LogP contribution in [0.5, 0.6) is 0 Å². The zero-order valence-corrected chi connectivity index (χ0v) is 17.6. The summed E-state index contributed by atoms with van der Waals surface area (Å²) >= 11 is 0. The fourth-order valence-corrected chi connectivity index (χ4v) is 3.85. The molecule has 2 aromatic rings. The Morgan fingerprint density at radius 1 is 1.00 bits per heavy atom. The van der Waals surface area contributed by atoms with Crippen LogP contribution in [0.4, 0.5) is 5.69 Å². The quantitative estimate of drug-likeness (QED) is 0.823. The molecule has 0 bridgehead atoms. The molecule has 6 heteroatoms. The van der Waals surface area contributed by atoms with Crippen LogP contribution in [0, 0.1) is 27.7 Å². The van der Waals surface area contributed by atoms with E-state index in [1.165, 1.54) is 0 Å². The van der Waals surface area contributed by atoms with Crippen molar-refractivity contribution in [3.63, 3.8) is 0 Å². The minimum Gasteiger partial charge on any atom is -0.348 e. The number of aryl methyl sites for hydroxylation is 4. The van der Waals surface area contributed by atoms with Crippen LogP contribution in [-0.2, 0) is 14.8 Å². The van der Waals surface area contributed by atoms with Gasteiger partial charge < -0.3 is 5.32 Å². The van der Waals surface area contributed by atoms with Crippen LogP contribution < -0.4 is 9.62 Å². The second-order valence-corrected chi connectivity index (χ2v) is 9.09. The monoisotopic (exact) mass is 388 g/mol. The Kier molecular flexibility index (Phi) is 6.31. The standard InChI is InChI=1S/C21H28N2O3S/c1-14-7-8-16(3)20(11-14)18(5)22-21(24)13-23(27(6,25)26)19-10-9-15(2)17(4)12-19/h7-12,18H,13H2,1-6H3,(H,22,24)/t18-/m1/s1. The van der Waals surface area contributed by atoms with Gasteiger partial charge >= 0.3 is 0 Å². The van der Waals surface area contributed by atoms with Crippen LogP contribution in [0.1, 0.15) is 40.8 Å². The fraction of sp³-hybridized carbons (Fsp3) is 0.381. The molecule has 2 rings (SSSR count). The van der Waals surface area contributed by atoms with Gasteiger partial charge in [0.1, 0.15) is 6.54 Å². The predicted molar refractivity (Wildman–Crippen MR) is 111 cm³/mol. The molecular formula is C21H28N2O3S. The lowest BCUT2D eigenvalue weighted by Gasteiger charge is -2.24. The molecule has 0 aliphatic heterocycles. The molecular weight excluding hydrogens is 360 g/mol. The lowest BCUT2D eigenvalue weighted by Crippen LogP contribution is -2.41. The summed E-state index contributed by atoms with van der Waals surface area (Å²) in [7, 11) is -3.59. The van der Waals surface area contributed by atoms with Gasteiger partial charge in [0.25, 0.3) is 0 Å². The van der Waals surface area contributed by atoms with Crippen LogP contribution >= 0.6 is 0 Å². The molecule has 0 aromatic heterocycles. The summed E-state index contributed by atoms with van der Waals surface area (Å²) in [6.07, 6.45) is 1.11. The van der Waals surface area contributed by atoms with Gasteiger partial charge in [0.15, 0.2) is 0 Å². The third-order valence-electron chi connectivity index (χ3n) is 4.74. The van der Waals surface area contributed by atoms with Crippen LogP contribution in [0.15, 0.2) is 36.4 Å². The molecule has 27 heavy (non-hydrogen) atoms. The molecule has 146 valence electrons. The number of rotatable bonds is 6. The van der Waals surface area contributed by atoms with Crippen LogP contribution in [0.3, 0.4) is 0 Å². The highest BCUT2D eigenvalue weighted by Gasteiger charge is 2.22. The average Bonchev–Trinajstić information content (AvgIpc) is 2.56. The van der Waals surface area contributed by atoms with Crippen molar-refractivity contribution in [3.05, 3.63) is 64.2 Å². The normalized spacial score (nSPS) is 12.5. The number of benzene rings is 2. The second-order valence-electron chi connectivity index (χ2n) is 7.19. The van der Waals surface area contributed by atoms with Crippen molar-refractivity contribution in [3.8, 4) is 0 Å². The first-order chi connectivity index (χ1) is 12.5. The Morgan fingerprint density at radius 2 is 1.63 bits per heavy atom. The number of hydrogen-bond acceptors (Lipinski definition) is 3. The third-order valence-corrected chi connectivity index (χ3v) is 5.89. The molecule has 1 atom stereocenters. The Balaban J connectivity index is 2.21. The van der Waals surface area contributed by atoms with Crippen molar-refractivity contribution in [2.45, 2.75) is 40.7 Å². The van der Waals surface area contributed by atoms with Gasteiger partial charge in [0.05, 0.1) is 18.0 Å². The molecule has 1 N–H and O–H groups in total. The molecule has 0 aliphatic rings. The van der Waals surface area contributed by atoms with E-state index in [0.717, 1.165) is 38.4 Å². The lowest BCUT2D eigenvalue weighted by molar-refractivity contribution is -0.120. The molecule has 1 amide bonds. The van der Waals surface area contributed by atoms with Gasteiger partial charge in [-0.3, -0.25) is 9.10 Å². The minimum atomic E-state index is -3.59. The first-order valence-corrected chi connectivity index (χ1v) is 10.8. The molecule has 5 nitrogen and oxygen atoms in total. The number of nitrogens with one attached hydrogen (secondary N) is 1. The number of carbonyl (C=O) groups excluding carboxylic acids is 1. The van der Waals surface area contributed by atoms with Crippen molar-refractivity contribution in [2.24, 2.45) is 0 Å². The second kappa shape index (κ2) is 8.13. The number of carbonyl (C=O) groups is 1. The highest BCUT2D eigenvalue weighted by atomic mass is 32.2. The van der Waals surface area contributed by atoms with E-state index in [2.05, 4.69) is 5.32 Å². The van der Waals surface area contributed by atoms with Crippen molar-refractivity contribution >= 4 is 21.6 Å². The van der Waals surface area contributed by atoms with Gasteiger partial charge in [-0.15, -0.1) is 0 Å². The van der Waals surface area contributed by atoms with Gasteiger partial charge in [-0.2, -0.15) is 0 Å². The summed E-state index contributed by atoms with van der Waals surface area (Å²) in [5, 5.41) is 2.92. The number of anilines is 1. The van der Waals surface area contributed by atoms with Crippen LogP contribution in [0.2, 0.25) is 0 Å². The topological polar surface area (TPSA) is 66.5 Å². The average molecular weight is 389 g/mol. The maximum absolute atomic E-state index is 12.6. The van der Waals surface area contributed by atoms with Crippen molar-refractivity contribution in [2.75, 3.05) is 17.1 Å². The summed E-state index contributed by atoms with van der Waals surface area (Å²) in [6, 6.07) is 11.3. The molecule has 0 fully saturated rings. The molecule has 0 saturated heterocycles. The van der Waals surface area contributed by atoms with E-state index in [-0.39, 0.29) is 18.5 Å². The van der Waals surface area contributed by atoms with E-state index in [9.17, 15) is 13.2 Å². The minimum absolute atomic E-state index is 0.210. The predicted octanol–water partition coefficient (Wildman–Crippen LogP) is 3.56. The Labute approximate surface area is 162 Å². The highest BCUT2D eigenvalue weighted by molar-refractivity contribution is 7.92. The van der Waals surface area contributed by atoms with Crippen molar-refractivity contribution < 1.29 is 13.2 Å². The third kappa shape index (κ3) is 5.32. The SMILES string of the molecule is Cc1ccc(C)c([C@@H](C)NC(=O)CN(c2ccc(C)c(C)c2)S(C)(=O)=O)c1. The van der Waals surface area contributed by atoms with Gasteiger partial charge in [-0.25, -0.2) is 8.42 Å². The summed E-state index contributed by atoms with van der Waals surface area (Å²) in [4.78, 5) is 12.6. The number of hydrogen-bond donors (Lipinski definition) is 1. The van der Waals surface area contributed by atoms with Crippen LogP contribution in [-0.4, -0.2) is 27.1 Å². The molecule has 2 aromatic carbocycles.